The molecule has 1 atom stereocenters. The maximum absolute atomic E-state index is 13.0. The Balaban J connectivity index is 1.70. The second kappa shape index (κ2) is 7.52. The van der Waals surface area contributed by atoms with Crippen molar-refractivity contribution >= 4 is 6.03 Å². The van der Waals surface area contributed by atoms with Crippen LogP contribution >= 0.6 is 0 Å². The van der Waals surface area contributed by atoms with Gasteiger partial charge in [-0.2, -0.15) is 0 Å². The Bertz CT molecular complexity index is 677. The van der Waals surface area contributed by atoms with Crippen molar-refractivity contribution in [2.24, 2.45) is 7.05 Å². The summed E-state index contributed by atoms with van der Waals surface area (Å²) in [4.78, 5) is 11.7. The zero-order valence-corrected chi connectivity index (χ0v) is 12.7. The Labute approximate surface area is 131 Å². The van der Waals surface area contributed by atoms with Gasteiger partial charge in [0.2, 0.25) is 0 Å². The summed E-state index contributed by atoms with van der Waals surface area (Å²) < 4.78 is 32.7. The van der Waals surface area contributed by atoms with Crippen LogP contribution in [0.15, 0.2) is 24.5 Å². The van der Waals surface area contributed by atoms with Crippen molar-refractivity contribution in [2.45, 2.75) is 13.0 Å². The zero-order valence-electron chi connectivity index (χ0n) is 12.7. The molecule has 0 spiro atoms. The van der Waals surface area contributed by atoms with Gasteiger partial charge >= 0.3 is 6.03 Å². The fourth-order valence-corrected chi connectivity index (χ4v) is 1.90. The lowest BCUT2D eigenvalue weighted by Gasteiger charge is -2.14. The summed E-state index contributed by atoms with van der Waals surface area (Å²) >= 11 is 0. The van der Waals surface area contributed by atoms with E-state index >= 15 is 0 Å². The van der Waals surface area contributed by atoms with Crippen LogP contribution in [0.1, 0.15) is 18.8 Å². The highest BCUT2D eigenvalue weighted by Crippen LogP contribution is 2.15. The molecule has 0 radical (unpaired) electrons. The van der Waals surface area contributed by atoms with Gasteiger partial charge in [0.25, 0.3) is 0 Å². The Morgan fingerprint density at radius 1 is 1.39 bits per heavy atom. The molecule has 0 aliphatic rings. The lowest BCUT2D eigenvalue weighted by atomic mass is 10.3. The minimum absolute atomic E-state index is 0.122. The first-order valence-corrected chi connectivity index (χ1v) is 6.93. The van der Waals surface area contributed by atoms with Gasteiger partial charge in [0.1, 0.15) is 18.7 Å². The van der Waals surface area contributed by atoms with Crippen molar-refractivity contribution in [3.05, 3.63) is 42.0 Å². The van der Waals surface area contributed by atoms with Crippen molar-refractivity contribution in [1.29, 1.82) is 0 Å². The number of nitrogens with one attached hydrogen (secondary N) is 2. The number of hydrogen-bond acceptors (Lipinski definition) is 4. The average Bonchev–Trinajstić information content (AvgIpc) is 2.93. The summed E-state index contributed by atoms with van der Waals surface area (Å²) in [6.07, 6.45) is 1.54. The van der Waals surface area contributed by atoms with Crippen LogP contribution in [0.2, 0.25) is 0 Å². The second-order valence-electron chi connectivity index (χ2n) is 4.85. The molecule has 2 amide bonds. The molecule has 1 heterocycles. The Hall–Kier alpha value is -2.71. The quantitative estimate of drug-likeness (QED) is 0.789. The minimum Gasteiger partial charge on any atom is -0.492 e. The summed E-state index contributed by atoms with van der Waals surface area (Å²) in [5, 5.41) is 12.9. The Kier molecular flexibility index (Phi) is 5.45. The van der Waals surface area contributed by atoms with Gasteiger partial charge in [0.05, 0.1) is 12.6 Å². The molecule has 124 valence electrons. The van der Waals surface area contributed by atoms with E-state index in [1.165, 1.54) is 6.07 Å². The molecule has 0 bridgehead atoms. The molecule has 2 aromatic rings. The summed E-state index contributed by atoms with van der Waals surface area (Å²) in [5.41, 5.74) is 0. The van der Waals surface area contributed by atoms with Crippen LogP contribution in [-0.2, 0) is 7.05 Å². The number of hydrogen-bond donors (Lipinski definition) is 2. The van der Waals surface area contributed by atoms with Gasteiger partial charge in [-0.3, -0.25) is 0 Å². The van der Waals surface area contributed by atoms with Crippen molar-refractivity contribution in [3.63, 3.8) is 0 Å². The van der Waals surface area contributed by atoms with Crippen LogP contribution in [0.3, 0.4) is 0 Å². The van der Waals surface area contributed by atoms with Crippen LogP contribution in [-0.4, -0.2) is 33.9 Å². The number of aryl methyl sites for hydroxylation is 1. The molecular formula is C14H17F2N5O2. The average molecular weight is 325 g/mol. The smallest absolute Gasteiger partial charge is 0.315 e. The van der Waals surface area contributed by atoms with Crippen LogP contribution in [0, 0.1) is 11.6 Å². The normalized spacial score (nSPS) is 11.8. The molecule has 0 aliphatic heterocycles. The van der Waals surface area contributed by atoms with Gasteiger partial charge in [-0.1, -0.05) is 0 Å². The lowest BCUT2D eigenvalue weighted by Crippen LogP contribution is -2.39. The summed E-state index contributed by atoms with van der Waals surface area (Å²) in [6.45, 7) is 2.11. The highest BCUT2D eigenvalue weighted by molar-refractivity contribution is 5.74. The molecule has 23 heavy (non-hydrogen) atoms. The van der Waals surface area contributed by atoms with Crippen molar-refractivity contribution in [1.82, 2.24) is 25.4 Å². The Morgan fingerprint density at radius 3 is 2.83 bits per heavy atom. The third-order valence-electron chi connectivity index (χ3n) is 3.03. The standard InChI is InChI=1S/C14H17F2N5O2/c1-9(13-20-18-8-21(13)2)19-14(22)17-5-6-23-10-3-4-11(15)12(16)7-10/h3-4,7-9H,5-6H2,1-2H3,(H2,17,19,22)/t9-/m1/s1. The third kappa shape index (κ3) is 4.63. The van der Waals surface area contributed by atoms with E-state index in [4.69, 9.17) is 4.74 Å². The van der Waals surface area contributed by atoms with E-state index in [1.807, 2.05) is 0 Å². The van der Waals surface area contributed by atoms with E-state index in [0.717, 1.165) is 12.1 Å². The molecule has 1 aromatic heterocycles. The number of ether oxygens (including phenoxy) is 1. The molecule has 0 saturated carbocycles. The molecule has 7 nitrogen and oxygen atoms in total. The van der Waals surface area contributed by atoms with Gasteiger partial charge in [-0.25, -0.2) is 13.6 Å². The molecule has 0 aliphatic carbocycles. The van der Waals surface area contributed by atoms with Gasteiger partial charge in [-0.15, -0.1) is 10.2 Å². The predicted octanol–water partition coefficient (Wildman–Crippen LogP) is 1.53. The maximum atomic E-state index is 13.0. The maximum Gasteiger partial charge on any atom is 0.315 e. The van der Waals surface area contributed by atoms with E-state index in [1.54, 1.807) is 24.9 Å². The first-order valence-electron chi connectivity index (χ1n) is 6.93. The second-order valence-corrected chi connectivity index (χ2v) is 4.85. The number of aromatic nitrogens is 3. The fraction of sp³-hybridized carbons (Fsp3) is 0.357. The van der Waals surface area contributed by atoms with E-state index in [9.17, 15) is 13.6 Å². The van der Waals surface area contributed by atoms with Gasteiger partial charge in [-0.05, 0) is 19.1 Å². The number of nitrogens with zero attached hydrogens (tertiary/aromatic N) is 3. The van der Waals surface area contributed by atoms with Crippen molar-refractivity contribution in [2.75, 3.05) is 13.2 Å². The monoisotopic (exact) mass is 325 g/mol. The molecule has 2 N–H and O–H groups in total. The van der Waals surface area contributed by atoms with E-state index in [-0.39, 0.29) is 24.9 Å². The van der Waals surface area contributed by atoms with Gasteiger partial charge in [0.15, 0.2) is 17.5 Å². The number of urea groups is 1. The molecule has 0 saturated heterocycles. The zero-order chi connectivity index (χ0) is 16.8. The molecule has 1 aromatic carbocycles. The van der Waals surface area contributed by atoms with E-state index < -0.39 is 17.7 Å². The van der Waals surface area contributed by atoms with Crippen molar-refractivity contribution < 1.29 is 18.3 Å². The molecular weight excluding hydrogens is 308 g/mol. The van der Waals surface area contributed by atoms with Gasteiger partial charge in [0, 0.05) is 13.1 Å². The highest BCUT2D eigenvalue weighted by atomic mass is 19.2. The number of amides is 2. The van der Waals surface area contributed by atoms with Gasteiger partial charge < -0.3 is 19.9 Å². The van der Waals surface area contributed by atoms with Crippen molar-refractivity contribution in [3.8, 4) is 5.75 Å². The molecule has 9 heteroatoms. The minimum atomic E-state index is -0.981. The number of carbonyl (C=O) groups excluding carboxylic acids is 1. The fourth-order valence-electron chi connectivity index (χ4n) is 1.90. The number of halogens is 2. The van der Waals surface area contributed by atoms with E-state index in [2.05, 4.69) is 20.8 Å². The summed E-state index contributed by atoms with van der Waals surface area (Å²) in [6, 6.07) is 2.54. The number of rotatable bonds is 6. The molecule has 0 fully saturated rings. The summed E-state index contributed by atoms with van der Waals surface area (Å²) in [5.74, 6) is -1.10. The topological polar surface area (TPSA) is 81.1 Å². The van der Waals surface area contributed by atoms with Crippen LogP contribution in [0.5, 0.6) is 5.75 Å². The Morgan fingerprint density at radius 2 is 2.17 bits per heavy atom. The van der Waals surface area contributed by atoms with Crippen LogP contribution < -0.4 is 15.4 Å². The number of carbonyl (C=O) groups is 1. The number of benzene rings is 1. The SMILES string of the molecule is C[C@@H](NC(=O)NCCOc1ccc(F)c(F)c1)c1nncn1C. The highest BCUT2D eigenvalue weighted by Gasteiger charge is 2.13. The first-order chi connectivity index (χ1) is 11.0. The first kappa shape index (κ1) is 16.7. The summed E-state index contributed by atoms with van der Waals surface area (Å²) in [7, 11) is 1.78. The third-order valence-corrected chi connectivity index (χ3v) is 3.03. The lowest BCUT2D eigenvalue weighted by molar-refractivity contribution is 0.233. The van der Waals surface area contributed by atoms with Crippen LogP contribution in [0.25, 0.3) is 0 Å². The predicted molar refractivity (Wildman–Crippen MR) is 77.8 cm³/mol. The molecule has 2 rings (SSSR count). The van der Waals surface area contributed by atoms with Crippen LogP contribution in [0.4, 0.5) is 13.6 Å². The molecule has 0 unspecified atom stereocenters. The van der Waals surface area contributed by atoms with E-state index in [0.29, 0.717) is 5.82 Å². The largest absolute Gasteiger partial charge is 0.492 e.